The predicted molar refractivity (Wildman–Crippen MR) is 52.7 cm³/mol. The van der Waals surface area contributed by atoms with Gasteiger partial charge in [0.2, 0.25) is 0 Å². The Morgan fingerprint density at radius 1 is 1.64 bits per heavy atom. The third kappa shape index (κ3) is 1.75. The molecule has 0 fully saturated rings. The van der Waals surface area contributed by atoms with Gasteiger partial charge in [0.05, 0.1) is 11.6 Å². The van der Waals surface area contributed by atoms with Gasteiger partial charge in [0.15, 0.2) is 11.7 Å². The smallest absolute Gasteiger partial charge is 0.194 e. The number of hydrogen-bond acceptors (Lipinski definition) is 4. The highest BCUT2D eigenvalue weighted by Crippen LogP contribution is 2.25. The van der Waals surface area contributed by atoms with Crippen molar-refractivity contribution in [2.75, 3.05) is 0 Å². The number of carbonyl (C=O) groups excluding carboxylic acids is 1. The second-order valence-electron chi connectivity index (χ2n) is 3.82. The molecule has 1 aliphatic heterocycles. The molecule has 3 unspecified atom stereocenters. The molecule has 4 nitrogen and oxygen atoms in total. The van der Waals surface area contributed by atoms with Gasteiger partial charge in [-0.2, -0.15) is 0 Å². The van der Waals surface area contributed by atoms with Crippen molar-refractivity contribution in [3.8, 4) is 0 Å². The number of hydrogen-bond donors (Lipinski definition) is 3. The predicted octanol–water partition coefficient (Wildman–Crippen LogP) is 0.724. The van der Waals surface area contributed by atoms with E-state index in [2.05, 4.69) is 5.32 Å². The summed E-state index contributed by atoms with van der Waals surface area (Å²) >= 11 is 0. The zero-order chi connectivity index (χ0) is 10.9. The Morgan fingerprint density at radius 2 is 2.21 bits per heavy atom. The van der Waals surface area contributed by atoms with Gasteiger partial charge in [-0.1, -0.05) is 20.3 Å². The highest BCUT2D eigenvalue weighted by Gasteiger charge is 2.37. The number of aliphatic hydroxyl groups excluding tert-OH is 2. The summed E-state index contributed by atoms with van der Waals surface area (Å²) in [6, 6.07) is -0.251. The van der Waals surface area contributed by atoms with Crippen LogP contribution >= 0.6 is 0 Å². The van der Waals surface area contributed by atoms with E-state index in [9.17, 15) is 15.0 Å². The highest BCUT2D eigenvalue weighted by atomic mass is 16.3. The van der Waals surface area contributed by atoms with Gasteiger partial charge in [-0.25, -0.2) is 0 Å². The molecule has 0 amide bonds. The van der Waals surface area contributed by atoms with Gasteiger partial charge >= 0.3 is 0 Å². The molecule has 0 aromatic heterocycles. The summed E-state index contributed by atoms with van der Waals surface area (Å²) in [6.07, 6.45) is -0.00449. The molecule has 1 aliphatic rings. The number of aliphatic hydroxyl groups is 2. The maximum absolute atomic E-state index is 11.1. The van der Waals surface area contributed by atoms with E-state index < -0.39 is 6.10 Å². The van der Waals surface area contributed by atoms with Crippen LogP contribution in [0.25, 0.3) is 0 Å². The zero-order valence-corrected chi connectivity index (χ0v) is 8.74. The van der Waals surface area contributed by atoms with Crippen LogP contribution in [0.3, 0.4) is 0 Å². The van der Waals surface area contributed by atoms with E-state index in [1.807, 2.05) is 13.8 Å². The van der Waals surface area contributed by atoms with E-state index in [1.54, 1.807) is 0 Å². The normalized spacial score (nSPS) is 28.9. The highest BCUT2D eigenvalue weighted by molar-refractivity contribution is 5.95. The van der Waals surface area contributed by atoms with Crippen molar-refractivity contribution in [2.45, 2.75) is 39.3 Å². The Morgan fingerprint density at radius 3 is 2.57 bits per heavy atom. The van der Waals surface area contributed by atoms with Crippen LogP contribution in [-0.4, -0.2) is 28.1 Å². The van der Waals surface area contributed by atoms with Gasteiger partial charge in [0.1, 0.15) is 6.10 Å². The summed E-state index contributed by atoms with van der Waals surface area (Å²) in [5.74, 6) is -0.243. The average Bonchev–Trinajstić information content (AvgIpc) is 2.40. The number of nitrogens with one attached hydrogen (secondary N) is 1. The minimum absolute atomic E-state index is 0.107. The molecule has 0 bridgehead atoms. The minimum atomic E-state index is -0.887. The molecule has 14 heavy (non-hydrogen) atoms. The third-order valence-corrected chi connectivity index (χ3v) is 2.83. The lowest BCUT2D eigenvalue weighted by Crippen LogP contribution is -2.38. The van der Waals surface area contributed by atoms with Gasteiger partial charge < -0.3 is 15.5 Å². The van der Waals surface area contributed by atoms with Gasteiger partial charge in [0.25, 0.3) is 0 Å². The lowest BCUT2D eigenvalue weighted by Gasteiger charge is -2.22. The number of carbonyl (C=O) groups is 1. The molecule has 0 spiro atoms. The van der Waals surface area contributed by atoms with E-state index in [1.165, 1.54) is 6.92 Å². The second kappa shape index (κ2) is 4.00. The van der Waals surface area contributed by atoms with Gasteiger partial charge in [-0.15, -0.1) is 0 Å². The first-order chi connectivity index (χ1) is 6.49. The minimum Gasteiger partial charge on any atom is -0.494 e. The van der Waals surface area contributed by atoms with Gasteiger partial charge in [0, 0.05) is 0 Å². The van der Waals surface area contributed by atoms with E-state index in [0.29, 0.717) is 0 Å². The van der Waals surface area contributed by atoms with Gasteiger partial charge in [-0.05, 0) is 12.8 Å². The van der Waals surface area contributed by atoms with E-state index >= 15 is 0 Å². The third-order valence-electron chi connectivity index (χ3n) is 2.83. The van der Waals surface area contributed by atoms with Crippen LogP contribution in [0.15, 0.2) is 11.5 Å². The summed E-state index contributed by atoms with van der Waals surface area (Å²) < 4.78 is 0. The van der Waals surface area contributed by atoms with Gasteiger partial charge in [-0.3, -0.25) is 4.79 Å². The molecule has 3 N–H and O–H groups in total. The molecular formula is C10H17NO3. The van der Waals surface area contributed by atoms with Crippen LogP contribution in [0, 0.1) is 5.92 Å². The average molecular weight is 199 g/mol. The fourth-order valence-corrected chi connectivity index (χ4v) is 1.72. The van der Waals surface area contributed by atoms with Crippen LogP contribution in [-0.2, 0) is 4.79 Å². The molecule has 3 atom stereocenters. The Kier molecular flexibility index (Phi) is 3.16. The number of ketones is 1. The van der Waals surface area contributed by atoms with Crippen LogP contribution in [0.1, 0.15) is 27.2 Å². The summed E-state index contributed by atoms with van der Waals surface area (Å²) in [5, 5.41) is 22.0. The van der Waals surface area contributed by atoms with Crippen LogP contribution in [0.2, 0.25) is 0 Å². The molecule has 0 aromatic rings. The van der Waals surface area contributed by atoms with Crippen LogP contribution in [0.4, 0.5) is 0 Å². The molecule has 4 heteroatoms. The van der Waals surface area contributed by atoms with Crippen molar-refractivity contribution in [1.29, 1.82) is 0 Å². The molecular weight excluding hydrogens is 182 g/mol. The maximum atomic E-state index is 11.1. The summed E-state index contributed by atoms with van der Waals surface area (Å²) in [6.45, 7) is 5.31. The first-order valence-electron chi connectivity index (χ1n) is 4.87. The first kappa shape index (κ1) is 11.0. The molecule has 1 rings (SSSR count). The molecule has 0 aromatic carbocycles. The van der Waals surface area contributed by atoms with Crippen molar-refractivity contribution in [3.63, 3.8) is 0 Å². The molecule has 0 saturated carbocycles. The molecule has 80 valence electrons. The molecule has 0 saturated heterocycles. The molecule has 1 heterocycles. The molecule has 0 radical (unpaired) electrons. The number of rotatable bonds is 3. The fourth-order valence-electron chi connectivity index (χ4n) is 1.72. The van der Waals surface area contributed by atoms with Crippen molar-refractivity contribution in [1.82, 2.24) is 5.32 Å². The second-order valence-corrected chi connectivity index (χ2v) is 3.82. The van der Waals surface area contributed by atoms with Crippen LogP contribution < -0.4 is 5.32 Å². The van der Waals surface area contributed by atoms with E-state index in [4.69, 9.17) is 0 Å². The first-order valence-corrected chi connectivity index (χ1v) is 4.87. The molecule has 0 aliphatic carbocycles. The van der Waals surface area contributed by atoms with Crippen LogP contribution in [0.5, 0.6) is 0 Å². The summed E-state index contributed by atoms with van der Waals surface area (Å²) in [5.41, 5.74) is 0.107. The fraction of sp³-hybridized carbons (Fsp3) is 0.700. The Labute approximate surface area is 83.6 Å². The van der Waals surface area contributed by atoms with E-state index in [-0.39, 0.29) is 29.2 Å². The summed E-state index contributed by atoms with van der Waals surface area (Å²) in [4.78, 5) is 11.1. The van der Waals surface area contributed by atoms with Crippen molar-refractivity contribution in [3.05, 3.63) is 11.5 Å². The van der Waals surface area contributed by atoms with Crippen molar-refractivity contribution >= 4 is 5.78 Å². The zero-order valence-electron chi connectivity index (χ0n) is 8.74. The monoisotopic (exact) mass is 199 g/mol. The van der Waals surface area contributed by atoms with Crippen molar-refractivity contribution in [2.24, 2.45) is 5.92 Å². The summed E-state index contributed by atoms with van der Waals surface area (Å²) in [7, 11) is 0. The Hall–Kier alpha value is -1.03. The maximum Gasteiger partial charge on any atom is 0.194 e. The van der Waals surface area contributed by atoms with E-state index in [0.717, 1.165) is 6.42 Å². The Balaban J connectivity index is 2.83. The quantitative estimate of drug-likeness (QED) is 0.626. The lowest BCUT2D eigenvalue weighted by molar-refractivity contribution is -0.114. The largest absolute Gasteiger partial charge is 0.494 e. The number of Topliss-reactive ketones (excluding diaryl/α,β-unsaturated/α-hetero) is 1. The van der Waals surface area contributed by atoms with Crippen molar-refractivity contribution < 1.29 is 15.0 Å². The topological polar surface area (TPSA) is 69.6 Å². The lowest BCUT2D eigenvalue weighted by atomic mass is 9.92. The SMILES string of the molecule is CCC(C)C1NC(O)=C(C(C)=O)C1O. The standard InChI is InChI=1S/C10H17NO3/c1-4-5(2)8-9(13)7(6(3)12)10(14)11-8/h5,8-9,11,13-14H,4H2,1-3H3. The Bertz CT molecular complexity index is 273.